The Morgan fingerprint density at radius 2 is 2.15 bits per heavy atom. The second kappa shape index (κ2) is 6.00. The highest BCUT2D eigenvalue weighted by Crippen LogP contribution is 2.02. The van der Waals surface area contributed by atoms with Gasteiger partial charge in [0.05, 0.1) is 13.7 Å². The average Bonchev–Trinajstić information content (AvgIpc) is 2.19. The van der Waals surface area contributed by atoms with E-state index < -0.39 is 0 Å². The first-order chi connectivity index (χ1) is 6.36. The average molecular weight is 184 g/mol. The lowest BCUT2D eigenvalue weighted by Gasteiger charge is -2.27. The fraction of sp³-hybridized carbons (Fsp3) is 0.800. The summed E-state index contributed by atoms with van der Waals surface area (Å²) in [5, 5.41) is 3.34. The van der Waals surface area contributed by atoms with Gasteiger partial charge >= 0.3 is 0 Å². The number of nitrogens with zero attached hydrogens (tertiary/aromatic N) is 1. The molecule has 0 unspecified atom stereocenters. The minimum Gasteiger partial charge on any atom is -0.500 e. The first-order valence-corrected chi connectivity index (χ1v) is 5.03. The Hall–Kier alpha value is -0.540. The van der Waals surface area contributed by atoms with E-state index in [2.05, 4.69) is 23.2 Å². The van der Waals surface area contributed by atoms with Gasteiger partial charge in [-0.25, -0.2) is 0 Å². The first-order valence-electron chi connectivity index (χ1n) is 5.03. The van der Waals surface area contributed by atoms with Crippen LogP contribution in [0, 0.1) is 0 Å². The summed E-state index contributed by atoms with van der Waals surface area (Å²) in [5.74, 6) is 1.10. The van der Waals surface area contributed by atoms with Gasteiger partial charge in [0.1, 0.15) is 5.76 Å². The fourth-order valence-electron chi connectivity index (χ4n) is 1.53. The monoisotopic (exact) mass is 184 g/mol. The molecule has 1 fully saturated rings. The standard InChI is InChI=1S/C10H20N2O/c1-3-4-10(13-2)9-12-7-5-11-6-8-12/h4,11H,3,5-9H2,1-2H3/b10-4-. The molecule has 1 heterocycles. The van der Waals surface area contributed by atoms with Crippen molar-refractivity contribution in [1.29, 1.82) is 0 Å². The molecule has 0 amide bonds. The summed E-state index contributed by atoms with van der Waals surface area (Å²) in [5.41, 5.74) is 0. The molecule has 3 heteroatoms. The molecule has 1 saturated heterocycles. The van der Waals surface area contributed by atoms with Crippen molar-refractivity contribution in [3.63, 3.8) is 0 Å². The van der Waals surface area contributed by atoms with Crippen LogP contribution in [-0.4, -0.2) is 44.7 Å². The van der Waals surface area contributed by atoms with Crippen molar-refractivity contribution >= 4 is 0 Å². The minimum atomic E-state index is 0.964. The second-order valence-electron chi connectivity index (χ2n) is 3.31. The van der Waals surface area contributed by atoms with Gasteiger partial charge < -0.3 is 10.1 Å². The maximum atomic E-state index is 5.29. The first kappa shape index (κ1) is 10.5. The Morgan fingerprint density at radius 3 is 2.69 bits per heavy atom. The molecule has 0 atom stereocenters. The molecule has 1 aliphatic heterocycles. The molecule has 0 saturated carbocycles. The Labute approximate surface area is 80.8 Å². The quantitative estimate of drug-likeness (QED) is 0.655. The van der Waals surface area contributed by atoms with Gasteiger partial charge in [-0.15, -0.1) is 0 Å². The van der Waals surface area contributed by atoms with Crippen LogP contribution in [0.25, 0.3) is 0 Å². The molecule has 76 valence electrons. The van der Waals surface area contributed by atoms with E-state index >= 15 is 0 Å². The molecule has 0 bridgehead atoms. The van der Waals surface area contributed by atoms with Crippen molar-refractivity contribution in [2.45, 2.75) is 13.3 Å². The summed E-state index contributed by atoms with van der Waals surface area (Å²) in [4.78, 5) is 2.42. The number of piperazine rings is 1. The number of rotatable bonds is 4. The smallest absolute Gasteiger partial charge is 0.106 e. The molecule has 0 spiro atoms. The van der Waals surface area contributed by atoms with Crippen LogP contribution < -0.4 is 5.32 Å². The van der Waals surface area contributed by atoms with E-state index in [1.54, 1.807) is 7.11 Å². The van der Waals surface area contributed by atoms with Crippen LogP contribution in [0.1, 0.15) is 13.3 Å². The molecule has 0 aliphatic carbocycles. The fourth-order valence-corrected chi connectivity index (χ4v) is 1.53. The van der Waals surface area contributed by atoms with Gasteiger partial charge in [0.2, 0.25) is 0 Å². The van der Waals surface area contributed by atoms with E-state index in [0.29, 0.717) is 0 Å². The minimum absolute atomic E-state index is 0.964. The number of allylic oxidation sites excluding steroid dienone is 1. The molecule has 1 aliphatic rings. The van der Waals surface area contributed by atoms with Crippen LogP contribution >= 0.6 is 0 Å². The zero-order valence-electron chi connectivity index (χ0n) is 8.68. The van der Waals surface area contributed by atoms with Crippen molar-refractivity contribution in [1.82, 2.24) is 10.2 Å². The highest BCUT2D eigenvalue weighted by Gasteiger charge is 2.10. The highest BCUT2D eigenvalue weighted by atomic mass is 16.5. The maximum absolute atomic E-state index is 5.29. The predicted octanol–water partition coefficient (Wildman–Crippen LogP) is 0.832. The van der Waals surface area contributed by atoms with E-state index in [-0.39, 0.29) is 0 Å². The SMILES string of the molecule is CC/C=C(/CN1CCNCC1)OC. The van der Waals surface area contributed by atoms with Crippen LogP contribution in [0.4, 0.5) is 0 Å². The van der Waals surface area contributed by atoms with Gasteiger partial charge in [-0.2, -0.15) is 0 Å². The number of hydrogen-bond donors (Lipinski definition) is 1. The lowest BCUT2D eigenvalue weighted by atomic mass is 10.3. The van der Waals surface area contributed by atoms with Gasteiger partial charge in [0.15, 0.2) is 0 Å². The van der Waals surface area contributed by atoms with Crippen molar-refractivity contribution in [3.05, 3.63) is 11.8 Å². The topological polar surface area (TPSA) is 24.5 Å². The van der Waals surface area contributed by atoms with Gasteiger partial charge in [-0.05, 0) is 12.5 Å². The molecule has 3 nitrogen and oxygen atoms in total. The van der Waals surface area contributed by atoms with Gasteiger partial charge in [-0.3, -0.25) is 4.90 Å². The molecule has 0 radical (unpaired) electrons. The third kappa shape index (κ3) is 3.79. The maximum Gasteiger partial charge on any atom is 0.106 e. The second-order valence-corrected chi connectivity index (χ2v) is 3.31. The molecule has 0 aromatic rings. The molecular formula is C10H20N2O. The zero-order chi connectivity index (χ0) is 9.52. The zero-order valence-corrected chi connectivity index (χ0v) is 8.68. The Bertz CT molecular complexity index is 162. The van der Waals surface area contributed by atoms with Gasteiger partial charge in [0, 0.05) is 26.2 Å². The molecule has 1 N–H and O–H groups in total. The summed E-state index contributed by atoms with van der Waals surface area (Å²) in [7, 11) is 1.75. The van der Waals surface area contributed by atoms with Crippen molar-refractivity contribution in [2.24, 2.45) is 0 Å². The van der Waals surface area contributed by atoms with Crippen LogP contribution in [0.3, 0.4) is 0 Å². The highest BCUT2D eigenvalue weighted by molar-refractivity contribution is 4.95. The molecule has 1 rings (SSSR count). The summed E-state index contributed by atoms with van der Waals surface area (Å²) >= 11 is 0. The summed E-state index contributed by atoms with van der Waals surface area (Å²) in [6, 6.07) is 0. The summed E-state index contributed by atoms with van der Waals surface area (Å²) in [6.45, 7) is 7.56. The Balaban J connectivity index is 2.31. The summed E-state index contributed by atoms with van der Waals surface area (Å²) in [6.07, 6.45) is 3.21. The van der Waals surface area contributed by atoms with Crippen molar-refractivity contribution in [3.8, 4) is 0 Å². The van der Waals surface area contributed by atoms with E-state index in [0.717, 1.165) is 44.9 Å². The third-order valence-corrected chi connectivity index (χ3v) is 2.28. The van der Waals surface area contributed by atoms with Crippen LogP contribution in [-0.2, 0) is 4.74 Å². The lowest BCUT2D eigenvalue weighted by molar-refractivity contribution is 0.196. The molecule has 0 aromatic heterocycles. The van der Waals surface area contributed by atoms with Crippen molar-refractivity contribution in [2.75, 3.05) is 39.8 Å². The number of ether oxygens (including phenoxy) is 1. The Morgan fingerprint density at radius 1 is 1.46 bits per heavy atom. The Kier molecular flexibility index (Phi) is 4.86. The molecular weight excluding hydrogens is 164 g/mol. The van der Waals surface area contributed by atoms with E-state index in [4.69, 9.17) is 4.74 Å². The number of hydrogen-bond acceptors (Lipinski definition) is 3. The third-order valence-electron chi connectivity index (χ3n) is 2.28. The summed E-state index contributed by atoms with van der Waals surface area (Å²) < 4.78 is 5.29. The molecule has 13 heavy (non-hydrogen) atoms. The van der Waals surface area contributed by atoms with Gasteiger partial charge in [-0.1, -0.05) is 6.92 Å². The predicted molar refractivity (Wildman–Crippen MR) is 54.7 cm³/mol. The lowest BCUT2D eigenvalue weighted by Crippen LogP contribution is -2.44. The normalized spacial score (nSPS) is 20.3. The van der Waals surface area contributed by atoms with E-state index in [9.17, 15) is 0 Å². The largest absolute Gasteiger partial charge is 0.500 e. The van der Waals surface area contributed by atoms with Crippen LogP contribution in [0.15, 0.2) is 11.8 Å². The number of methoxy groups -OCH3 is 1. The van der Waals surface area contributed by atoms with Crippen LogP contribution in [0.2, 0.25) is 0 Å². The van der Waals surface area contributed by atoms with Crippen LogP contribution in [0.5, 0.6) is 0 Å². The van der Waals surface area contributed by atoms with E-state index in [1.807, 2.05) is 0 Å². The van der Waals surface area contributed by atoms with Crippen molar-refractivity contribution < 1.29 is 4.74 Å². The number of nitrogens with one attached hydrogen (secondary N) is 1. The van der Waals surface area contributed by atoms with E-state index in [1.165, 1.54) is 0 Å². The van der Waals surface area contributed by atoms with Gasteiger partial charge in [0.25, 0.3) is 0 Å². The molecule has 0 aromatic carbocycles.